The van der Waals surface area contributed by atoms with Gasteiger partial charge in [-0.1, -0.05) is 30.3 Å². The molecule has 1 unspecified atom stereocenters. The van der Waals surface area contributed by atoms with Crippen molar-refractivity contribution in [2.75, 3.05) is 13.1 Å². The van der Waals surface area contributed by atoms with Gasteiger partial charge in [-0.25, -0.2) is 0 Å². The standard InChI is InChI=1S/C16H23NO2/c1-15(2,3)19-14(18)16(9-10-17-12-16)11-13-7-5-4-6-8-13/h4-8,17H,9-12H2,1-3H3. The molecule has 0 amide bonds. The normalized spacial score (nSPS) is 23.3. The molecular weight excluding hydrogens is 238 g/mol. The van der Waals surface area contributed by atoms with Crippen LogP contribution in [0.3, 0.4) is 0 Å². The van der Waals surface area contributed by atoms with Crippen molar-refractivity contribution >= 4 is 5.97 Å². The fourth-order valence-electron chi connectivity index (χ4n) is 2.51. The number of ether oxygens (including phenoxy) is 1. The van der Waals surface area contributed by atoms with E-state index in [0.29, 0.717) is 6.54 Å². The van der Waals surface area contributed by atoms with Crippen LogP contribution >= 0.6 is 0 Å². The van der Waals surface area contributed by atoms with Gasteiger partial charge in [0.1, 0.15) is 5.60 Å². The first-order valence-corrected chi connectivity index (χ1v) is 6.89. The van der Waals surface area contributed by atoms with Crippen LogP contribution in [0.1, 0.15) is 32.8 Å². The van der Waals surface area contributed by atoms with Crippen LogP contribution in [0.25, 0.3) is 0 Å². The second-order valence-corrected chi connectivity index (χ2v) is 6.37. The van der Waals surface area contributed by atoms with Crippen molar-refractivity contribution < 1.29 is 9.53 Å². The van der Waals surface area contributed by atoms with Gasteiger partial charge in [0.05, 0.1) is 5.41 Å². The molecule has 1 aliphatic rings. The van der Waals surface area contributed by atoms with Crippen LogP contribution < -0.4 is 5.32 Å². The lowest BCUT2D eigenvalue weighted by Crippen LogP contribution is -2.41. The molecular formula is C16H23NO2. The van der Waals surface area contributed by atoms with Crippen molar-refractivity contribution in [1.29, 1.82) is 0 Å². The van der Waals surface area contributed by atoms with Crippen LogP contribution in [-0.2, 0) is 16.0 Å². The zero-order chi connectivity index (χ0) is 13.9. The first-order valence-electron chi connectivity index (χ1n) is 6.89. The summed E-state index contributed by atoms with van der Waals surface area (Å²) in [5, 5.41) is 3.30. The number of nitrogens with one attached hydrogen (secondary N) is 1. The molecule has 1 aromatic rings. The quantitative estimate of drug-likeness (QED) is 0.850. The van der Waals surface area contributed by atoms with E-state index in [0.717, 1.165) is 19.4 Å². The van der Waals surface area contributed by atoms with Crippen molar-refractivity contribution in [1.82, 2.24) is 5.32 Å². The average molecular weight is 261 g/mol. The van der Waals surface area contributed by atoms with E-state index in [1.165, 1.54) is 5.56 Å². The zero-order valence-corrected chi connectivity index (χ0v) is 12.0. The number of benzene rings is 1. The minimum Gasteiger partial charge on any atom is -0.459 e. The molecule has 19 heavy (non-hydrogen) atoms. The van der Waals surface area contributed by atoms with E-state index in [1.54, 1.807) is 0 Å². The highest BCUT2D eigenvalue weighted by Crippen LogP contribution is 2.33. The van der Waals surface area contributed by atoms with E-state index in [1.807, 2.05) is 39.0 Å². The minimum atomic E-state index is -0.427. The maximum atomic E-state index is 12.5. The molecule has 0 radical (unpaired) electrons. The van der Waals surface area contributed by atoms with Crippen LogP contribution in [0.4, 0.5) is 0 Å². The van der Waals surface area contributed by atoms with E-state index in [4.69, 9.17) is 4.74 Å². The summed E-state index contributed by atoms with van der Waals surface area (Å²) >= 11 is 0. The van der Waals surface area contributed by atoms with E-state index >= 15 is 0 Å². The minimum absolute atomic E-state index is 0.0751. The Morgan fingerprint density at radius 2 is 2.00 bits per heavy atom. The molecule has 0 bridgehead atoms. The first-order chi connectivity index (χ1) is 8.91. The second-order valence-electron chi connectivity index (χ2n) is 6.37. The van der Waals surface area contributed by atoms with Gasteiger partial charge in [0.25, 0.3) is 0 Å². The Kier molecular flexibility index (Phi) is 3.95. The summed E-state index contributed by atoms with van der Waals surface area (Å²) in [6, 6.07) is 10.2. The molecule has 1 heterocycles. The Morgan fingerprint density at radius 1 is 1.32 bits per heavy atom. The topological polar surface area (TPSA) is 38.3 Å². The van der Waals surface area contributed by atoms with Gasteiger partial charge in [-0.15, -0.1) is 0 Å². The maximum absolute atomic E-state index is 12.5. The number of rotatable bonds is 3. The number of hydrogen-bond donors (Lipinski definition) is 1. The van der Waals surface area contributed by atoms with E-state index in [2.05, 4.69) is 17.4 Å². The second kappa shape index (κ2) is 5.33. The summed E-state index contributed by atoms with van der Waals surface area (Å²) in [6.45, 7) is 7.35. The van der Waals surface area contributed by atoms with Gasteiger partial charge in [-0.2, -0.15) is 0 Å². The molecule has 2 rings (SSSR count). The SMILES string of the molecule is CC(C)(C)OC(=O)C1(Cc2ccccc2)CCNC1. The molecule has 0 aliphatic carbocycles. The predicted molar refractivity (Wildman–Crippen MR) is 75.9 cm³/mol. The highest BCUT2D eigenvalue weighted by molar-refractivity contribution is 5.78. The fraction of sp³-hybridized carbons (Fsp3) is 0.562. The molecule has 1 aliphatic heterocycles. The van der Waals surface area contributed by atoms with Gasteiger partial charge in [-0.05, 0) is 45.7 Å². The number of carbonyl (C=O) groups is 1. The van der Waals surface area contributed by atoms with Gasteiger partial charge < -0.3 is 10.1 Å². The Hall–Kier alpha value is -1.35. The lowest BCUT2D eigenvalue weighted by molar-refractivity contribution is -0.166. The highest BCUT2D eigenvalue weighted by Gasteiger charge is 2.44. The smallest absolute Gasteiger partial charge is 0.314 e. The Morgan fingerprint density at radius 3 is 2.53 bits per heavy atom. The highest BCUT2D eigenvalue weighted by atomic mass is 16.6. The summed E-state index contributed by atoms with van der Waals surface area (Å²) in [5.74, 6) is -0.0751. The fourth-order valence-corrected chi connectivity index (χ4v) is 2.51. The summed E-state index contributed by atoms with van der Waals surface area (Å²) in [4.78, 5) is 12.5. The first kappa shape index (κ1) is 14.1. The molecule has 0 spiro atoms. The summed E-state index contributed by atoms with van der Waals surface area (Å²) in [5.41, 5.74) is 0.356. The number of carbonyl (C=O) groups excluding carboxylic acids is 1. The zero-order valence-electron chi connectivity index (χ0n) is 12.0. The van der Waals surface area contributed by atoms with Crippen LogP contribution in [-0.4, -0.2) is 24.7 Å². The van der Waals surface area contributed by atoms with Gasteiger partial charge in [0, 0.05) is 6.54 Å². The molecule has 1 fully saturated rings. The molecule has 0 saturated carbocycles. The van der Waals surface area contributed by atoms with Gasteiger partial charge >= 0.3 is 5.97 Å². The van der Waals surface area contributed by atoms with Crippen molar-refractivity contribution in [2.45, 2.75) is 39.2 Å². The average Bonchev–Trinajstić information content (AvgIpc) is 2.78. The lowest BCUT2D eigenvalue weighted by Gasteiger charge is -2.30. The molecule has 1 atom stereocenters. The Balaban J connectivity index is 2.16. The summed E-state index contributed by atoms with van der Waals surface area (Å²) in [7, 11) is 0. The predicted octanol–water partition coefficient (Wildman–Crippen LogP) is 2.55. The van der Waals surface area contributed by atoms with Crippen LogP contribution in [0.2, 0.25) is 0 Å². The van der Waals surface area contributed by atoms with E-state index in [-0.39, 0.29) is 5.97 Å². The van der Waals surface area contributed by atoms with Gasteiger partial charge in [0.2, 0.25) is 0 Å². The van der Waals surface area contributed by atoms with E-state index < -0.39 is 11.0 Å². The maximum Gasteiger partial charge on any atom is 0.314 e. The van der Waals surface area contributed by atoms with Crippen molar-refractivity contribution in [3.05, 3.63) is 35.9 Å². The van der Waals surface area contributed by atoms with Crippen LogP contribution in [0.15, 0.2) is 30.3 Å². The molecule has 0 aromatic heterocycles. The Bertz CT molecular complexity index is 428. The summed E-state index contributed by atoms with van der Waals surface area (Å²) in [6.07, 6.45) is 1.59. The molecule has 1 aromatic carbocycles. The molecule has 104 valence electrons. The molecule has 3 nitrogen and oxygen atoms in total. The van der Waals surface area contributed by atoms with Crippen LogP contribution in [0, 0.1) is 5.41 Å². The van der Waals surface area contributed by atoms with E-state index in [9.17, 15) is 4.79 Å². The lowest BCUT2D eigenvalue weighted by atomic mass is 9.80. The number of hydrogen-bond acceptors (Lipinski definition) is 3. The monoisotopic (exact) mass is 261 g/mol. The van der Waals surface area contributed by atoms with Gasteiger partial charge in [0.15, 0.2) is 0 Å². The van der Waals surface area contributed by atoms with Crippen LogP contribution in [0.5, 0.6) is 0 Å². The third kappa shape index (κ3) is 3.57. The van der Waals surface area contributed by atoms with Gasteiger partial charge in [-0.3, -0.25) is 4.79 Å². The van der Waals surface area contributed by atoms with Crippen molar-refractivity contribution in [3.63, 3.8) is 0 Å². The molecule has 1 saturated heterocycles. The summed E-state index contributed by atoms with van der Waals surface area (Å²) < 4.78 is 5.62. The largest absolute Gasteiger partial charge is 0.459 e. The molecule has 3 heteroatoms. The third-order valence-electron chi connectivity index (χ3n) is 3.46. The van der Waals surface area contributed by atoms with Crippen molar-refractivity contribution in [3.8, 4) is 0 Å². The van der Waals surface area contributed by atoms with Crippen molar-refractivity contribution in [2.24, 2.45) is 5.41 Å². The Labute approximate surface area is 115 Å². The third-order valence-corrected chi connectivity index (χ3v) is 3.46. The number of esters is 1. The molecule has 1 N–H and O–H groups in total.